The summed E-state index contributed by atoms with van der Waals surface area (Å²) in [5.41, 5.74) is 6.43. The number of pyridine rings is 1. The molecular formula is C28H27N2P. The smallest absolute Gasteiger partial charge is 0.0758 e. The zero-order chi connectivity index (χ0) is 21.2. The molecule has 0 bridgehead atoms. The summed E-state index contributed by atoms with van der Waals surface area (Å²) < 4.78 is 2.70. The van der Waals surface area contributed by atoms with Crippen molar-refractivity contribution in [1.82, 2.24) is 4.98 Å². The summed E-state index contributed by atoms with van der Waals surface area (Å²) in [4.78, 5) is 4.99. The van der Waals surface area contributed by atoms with Gasteiger partial charge in [0.15, 0.2) is 0 Å². The van der Waals surface area contributed by atoms with Crippen molar-refractivity contribution in [2.24, 2.45) is 0 Å². The molecule has 5 rings (SSSR count). The van der Waals surface area contributed by atoms with Gasteiger partial charge in [0, 0.05) is 22.0 Å². The Hall–Kier alpha value is -2.96. The molecule has 0 spiro atoms. The third-order valence-corrected chi connectivity index (χ3v) is 8.49. The average molecular weight is 423 g/mol. The zero-order valence-corrected chi connectivity index (χ0v) is 19.0. The van der Waals surface area contributed by atoms with Crippen LogP contribution in [0.1, 0.15) is 35.0 Å². The van der Waals surface area contributed by atoms with Crippen molar-refractivity contribution in [1.29, 1.82) is 0 Å². The van der Waals surface area contributed by atoms with E-state index in [-0.39, 0.29) is 6.04 Å². The third kappa shape index (κ3) is 3.89. The summed E-state index contributed by atoms with van der Waals surface area (Å²) >= 11 is 0. The minimum absolute atomic E-state index is 0.250. The molecule has 0 fully saturated rings. The number of aromatic nitrogens is 1. The fourth-order valence-corrected chi connectivity index (χ4v) is 7.32. The summed E-state index contributed by atoms with van der Waals surface area (Å²) in [6.07, 6.45) is 2.16. The largest absolute Gasteiger partial charge is 0.333 e. The number of benzene rings is 3. The van der Waals surface area contributed by atoms with Crippen LogP contribution in [0.5, 0.6) is 0 Å². The molecule has 0 radical (unpaired) electrons. The van der Waals surface area contributed by atoms with Crippen LogP contribution < -0.4 is 15.3 Å². The van der Waals surface area contributed by atoms with E-state index >= 15 is 0 Å². The number of hydrogen-bond acceptors (Lipinski definition) is 2. The van der Waals surface area contributed by atoms with Crippen LogP contribution in [0.4, 0.5) is 5.69 Å². The number of para-hydroxylation sites is 1. The Morgan fingerprint density at radius 3 is 2.03 bits per heavy atom. The van der Waals surface area contributed by atoms with E-state index in [0.717, 1.165) is 18.5 Å². The molecule has 0 saturated heterocycles. The SMILES string of the molecule is Cc1cccc([C@@H]2CCc3cccc(C)c3N2P(c2ccccc2)c2ccccc2)n1. The number of aryl methyl sites for hydroxylation is 3. The van der Waals surface area contributed by atoms with Crippen molar-refractivity contribution < 1.29 is 0 Å². The van der Waals surface area contributed by atoms with Crippen LogP contribution in [0.3, 0.4) is 0 Å². The lowest BCUT2D eigenvalue weighted by Gasteiger charge is -2.44. The van der Waals surface area contributed by atoms with Gasteiger partial charge in [-0.05, 0) is 49.9 Å². The van der Waals surface area contributed by atoms with Crippen molar-refractivity contribution in [2.75, 3.05) is 4.67 Å². The number of fused-ring (bicyclic) bond motifs is 1. The number of rotatable bonds is 4. The molecule has 1 aliphatic heterocycles. The molecule has 3 aromatic carbocycles. The van der Waals surface area contributed by atoms with Gasteiger partial charge >= 0.3 is 0 Å². The Kier molecular flexibility index (Phi) is 5.57. The number of hydrogen-bond donors (Lipinski definition) is 0. The molecule has 0 aliphatic carbocycles. The van der Waals surface area contributed by atoms with Crippen LogP contribution >= 0.6 is 8.07 Å². The molecule has 2 nitrogen and oxygen atoms in total. The monoisotopic (exact) mass is 422 g/mol. The van der Waals surface area contributed by atoms with Crippen LogP contribution in [0.15, 0.2) is 97.1 Å². The highest BCUT2D eigenvalue weighted by Crippen LogP contribution is 2.53. The van der Waals surface area contributed by atoms with E-state index in [1.54, 1.807) is 0 Å². The fourth-order valence-electron chi connectivity index (χ4n) is 4.62. The average Bonchev–Trinajstić information content (AvgIpc) is 2.81. The molecule has 1 aromatic heterocycles. The van der Waals surface area contributed by atoms with Crippen molar-refractivity contribution in [2.45, 2.75) is 32.7 Å². The standard InChI is InChI=1S/C28H27N2P/c1-21-11-9-13-23-19-20-27(26-18-10-12-22(2)29-26)30(28(21)23)31(24-14-5-3-6-15-24)25-16-7-4-8-17-25/h3-18,27H,19-20H2,1-2H3/t27-/m0/s1. The van der Waals surface area contributed by atoms with Crippen LogP contribution in [-0.2, 0) is 6.42 Å². The highest BCUT2D eigenvalue weighted by molar-refractivity contribution is 7.74. The second-order valence-corrected chi connectivity index (χ2v) is 10.3. The molecule has 31 heavy (non-hydrogen) atoms. The van der Waals surface area contributed by atoms with E-state index in [1.807, 2.05) is 0 Å². The first-order valence-electron chi connectivity index (χ1n) is 10.9. The maximum absolute atomic E-state index is 4.99. The van der Waals surface area contributed by atoms with E-state index in [9.17, 15) is 0 Å². The van der Waals surface area contributed by atoms with Crippen molar-refractivity contribution in [3.63, 3.8) is 0 Å². The summed E-state index contributed by atoms with van der Waals surface area (Å²) in [7, 11) is -0.751. The Bertz CT molecular complexity index is 1130. The van der Waals surface area contributed by atoms with Gasteiger partial charge in [-0.25, -0.2) is 0 Å². The van der Waals surface area contributed by atoms with E-state index < -0.39 is 8.07 Å². The molecule has 0 saturated carbocycles. The van der Waals surface area contributed by atoms with Gasteiger partial charge < -0.3 is 4.67 Å². The van der Waals surface area contributed by atoms with Gasteiger partial charge in [0.25, 0.3) is 0 Å². The van der Waals surface area contributed by atoms with Gasteiger partial charge in [-0.1, -0.05) is 84.9 Å². The first-order valence-corrected chi connectivity index (χ1v) is 12.2. The minimum Gasteiger partial charge on any atom is -0.333 e. The molecule has 2 heterocycles. The number of anilines is 1. The van der Waals surface area contributed by atoms with Crippen LogP contribution in [-0.4, -0.2) is 4.98 Å². The molecule has 0 amide bonds. The predicted molar refractivity (Wildman–Crippen MR) is 133 cm³/mol. The van der Waals surface area contributed by atoms with E-state index in [4.69, 9.17) is 4.98 Å². The highest BCUT2D eigenvalue weighted by atomic mass is 31.1. The Balaban J connectivity index is 1.76. The van der Waals surface area contributed by atoms with E-state index in [0.29, 0.717) is 0 Å². The first kappa shape index (κ1) is 20.0. The van der Waals surface area contributed by atoms with Crippen molar-refractivity contribution in [3.05, 3.63) is 120 Å². The van der Waals surface area contributed by atoms with Crippen molar-refractivity contribution in [3.8, 4) is 0 Å². The minimum atomic E-state index is -0.751. The van der Waals surface area contributed by atoms with Gasteiger partial charge in [-0.15, -0.1) is 0 Å². The van der Waals surface area contributed by atoms with Gasteiger partial charge in [0.1, 0.15) is 0 Å². The van der Waals surface area contributed by atoms with Crippen LogP contribution in [0, 0.1) is 13.8 Å². The maximum Gasteiger partial charge on any atom is 0.0758 e. The van der Waals surface area contributed by atoms with Crippen molar-refractivity contribution >= 4 is 24.4 Å². The molecule has 4 aromatic rings. The lowest BCUT2D eigenvalue weighted by atomic mass is 9.93. The van der Waals surface area contributed by atoms with E-state index in [2.05, 4.69) is 116 Å². The Morgan fingerprint density at radius 1 is 0.742 bits per heavy atom. The molecule has 3 heteroatoms. The normalized spacial score (nSPS) is 15.7. The van der Waals surface area contributed by atoms with Crippen LogP contribution in [0.25, 0.3) is 0 Å². The lowest BCUT2D eigenvalue weighted by molar-refractivity contribution is 0.609. The molecule has 0 N–H and O–H groups in total. The first-order chi connectivity index (χ1) is 15.2. The zero-order valence-electron chi connectivity index (χ0n) is 18.1. The van der Waals surface area contributed by atoms with Gasteiger partial charge in [-0.2, -0.15) is 0 Å². The van der Waals surface area contributed by atoms with Crippen LogP contribution in [0.2, 0.25) is 0 Å². The fraction of sp³-hybridized carbons (Fsp3) is 0.179. The molecule has 1 atom stereocenters. The summed E-state index contributed by atoms with van der Waals surface area (Å²) in [5, 5.41) is 2.75. The maximum atomic E-state index is 4.99. The topological polar surface area (TPSA) is 16.1 Å². The second kappa shape index (κ2) is 8.65. The molecule has 1 aliphatic rings. The predicted octanol–water partition coefficient (Wildman–Crippen LogP) is 6.24. The summed E-state index contributed by atoms with van der Waals surface area (Å²) in [6, 6.07) is 35.5. The van der Waals surface area contributed by atoms with Gasteiger partial charge in [0.2, 0.25) is 0 Å². The molecular weight excluding hydrogens is 395 g/mol. The molecule has 0 unspecified atom stereocenters. The summed E-state index contributed by atoms with van der Waals surface area (Å²) in [6.45, 7) is 4.34. The molecule has 154 valence electrons. The van der Waals surface area contributed by atoms with E-state index in [1.165, 1.54) is 33.1 Å². The third-order valence-electron chi connectivity index (χ3n) is 6.00. The number of nitrogens with zero attached hydrogens (tertiary/aromatic N) is 2. The highest BCUT2D eigenvalue weighted by Gasteiger charge is 2.36. The quantitative estimate of drug-likeness (QED) is 0.362. The lowest BCUT2D eigenvalue weighted by Crippen LogP contribution is -2.36. The summed E-state index contributed by atoms with van der Waals surface area (Å²) in [5.74, 6) is 0. The van der Waals surface area contributed by atoms with Gasteiger partial charge in [-0.3, -0.25) is 4.98 Å². The Morgan fingerprint density at radius 2 is 1.39 bits per heavy atom. The Labute approximate surface area is 186 Å². The second-order valence-electron chi connectivity index (χ2n) is 8.17. The van der Waals surface area contributed by atoms with Gasteiger partial charge in [0.05, 0.1) is 19.8 Å².